The Hall–Kier alpha value is -4.09. The number of methoxy groups -OCH3 is 1. The zero-order valence-electron chi connectivity index (χ0n) is 19.7. The van der Waals surface area contributed by atoms with Gasteiger partial charge in [-0.3, -0.25) is 4.98 Å². The molecule has 3 N–H and O–H groups in total. The molecular weight excluding hydrogens is 434 g/mol. The van der Waals surface area contributed by atoms with Gasteiger partial charge in [-0.2, -0.15) is 0 Å². The minimum Gasteiger partial charge on any atom is -0.508 e. The summed E-state index contributed by atoms with van der Waals surface area (Å²) in [6.07, 6.45) is 5.56. The van der Waals surface area contributed by atoms with E-state index in [1.54, 1.807) is 13.2 Å². The molecule has 0 fully saturated rings. The van der Waals surface area contributed by atoms with Crippen molar-refractivity contribution in [1.82, 2.24) is 15.3 Å². The molecule has 5 rings (SSSR count). The molecular formula is C30H29N3O2. The van der Waals surface area contributed by atoms with Crippen LogP contribution in [0.4, 0.5) is 0 Å². The van der Waals surface area contributed by atoms with Crippen LogP contribution in [0.5, 0.6) is 11.5 Å². The predicted octanol–water partition coefficient (Wildman–Crippen LogP) is 6.06. The SMILES string of the molecule is COc1ccc(-c2cccnc2C(Cc2ccccc2)NCCc2c[nH]c3ccc(O)cc23)cc1. The van der Waals surface area contributed by atoms with Gasteiger partial charge in [0.05, 0.1) is 18.8 Å². The summed E-state index contributed by atoms with van der Waals surface area (Å²) in [7, 11) is 1.68. The molecule has 35 heavy (non-hydrogen) atoms. The highest BCUT2D eigenvalue weighted by atomic mass is 16.5. The third-order valence-corrected chi connectivity index (χ3v) is 6.39. The topological polar surface area (TPSA) is 70.2 Å². The number of phenols is 1. The van der Waals surface area contributed by atoms with E-state index in [-0.39, 0.29) is 11.8 Å². The third-order valence-electron chi connectivity index (χ3n) is 6.39. The maximum atomic E-state index is 9.93. The number of ether oxygens (including phenoxy) is 1. The fraction of sp³-hybridized carbons (Fsp3) is 0.167. The number of hydrogen-bond donors (Lipinski definition) is 3. The van der Waals surface area contributed by atoms with Crippen LogP contribution in [0, 0.1) is 0 Å². The molecule has 0 saturated heterocycles. The lowest BCUT2D eigenvalue weighted by molar-refractivity contribution is 0.415. The Morgan fingerprint density at radius 2 is 1.80 bits per heavy atom. The number of rotatable bonds is 9. The van der Waals surface area contributed by atoms with E-state index in [0.29, 0.717) is 0 Å². The van der Waals surface area contributed by atoms with Gasteiger partial charge in [-0.15, -0.1) is 0 Å². The van der Waals surface area contributed by atoms with Crippen LogP contribution in [0.2, 0.25) is 0 Å². The van der Waals surface area contributed by atoms with Crippen LogP contribution in [0.25, 0.3) is 22.0 Å². The van der Waals surface area contributed by atoms with E-state index in [1.165, 1.54) is 11.1 Å². The minimum absolute atomic E-state index is 0.0364. The van der Waals surface area contributed by atoms with Gasteiger partial charge in [0.15, 0.2) is 0 Å². The zero-order valence-corrected chi connectivity index (χ0v) is 19.7. The van der Waals surface area contributed by atoms with Gasteiger partial charge < -0.3 is 20.1 Å². The van der Waals surface area contributed by atoms with Crippen LogP contribution in [-0.4, -0.2) is 28.7 Å². The molecule has 0 aliphatic carbocycles. The van der Waals surface area contributed by atoms with E-state index >= 15 is 0 Å². The minimum atomic E-state index is 0.0364. The molecule has 0 spiro atoms. The summed E-state index contributed by atoms with van der Waals surface area (Å²) in [6, 6.07) is 28.2. The molecule has 3 aromatic carbocycles. The second-order valence-corrected chi connectivity index (χ2v) is 8.65. The fourth-order valence-electron chi connectivity index (χ4n) is 4.58. The van der Waals surface area contributed by atoms with Gasteiger partial charge in [0.1, 0.15) is 11.5 Å². The Labute approximate surface area is 205 Å². The highest BCUT2D eigenvalue weighted by Crippen LogP contribution is 2.30. The van der Waals surface area contributed by atoms with Gasteiger partial charge >= 0.3 is 0 Å². The summed E-state index contributed by atoms with van der Waals surface area (Å²) in [5.41, 5.74) is 6.72. The summed E-state index contributed by atoms with van der Waals surface area (Å²) in [4.78, 5) is 8.14. The smallest absolute Gasteiger partial charge is 0.118 e. The number of nitrogens with zero attached hydrogens (tertiary/aromatic N) is 1. The number of H-pyrrole nitrogens is 1. The highest BCUT2D eigenvalue weighted by molar-refractivity contribution is 5.84. The number of aromatic hydroxyl groups is 1. The van der Waals surface area contributed by atoms with E-state index in [2.05, 4.69) is 52.8 Å². The quantitative estimate of drug-likeness (QED) is 0.248. The molecule has 2 aromatic heterocycles. The van der Waals surface area contributed by atoms with Crippen LogP contribution in [-0.2, 0) is 12.8 Å². The summed E-state index contributed by atoms with van der Waals surface area (Å²) < 4.78 is 5.34. The van der Waals surface area contributed by atoms with Crippen LogP contribution in [0.3, 0.4) is 0 Å². The normalized spacial score (nSPS) is 12.0. The molecule has 1 atom stereocenters. The number of fused-ring (bicyclic) bond motifs is 1. The molecule has 5 nitrogen and oxygen atoms in total. The molecule has 2 heterocycles. The average Bonchev–Trinajstić information content (AvgIpc) is 3.30. The summed E-state index contributed by atoms with van der Waals surface area (Å²) in [5, 5.41) is 14.8. The lowest BCUT2D eigenvalue weighted by Gasteiger charge is -2.21. The number of aromatic amines is 1. The average molecular weight is 464 g/mol. The van der Waals surface area contributed by atoms with Crippen molar-refractivity contribution in [2.24, 2.45) is 0 Å². The Kier molecular flexibility index (Phi) is 6.77. The van der Waals surface area contributed by atoms with E-state index < -0.39 is 0 Å². The number of aromatic nitrogens is 2. The molecule has 5 heteroatoms. The van der Waals surface area contributed by atoms with E-state index in [9.17, 15) is 5.11 Å². The number of hydrogen-bond acceptors (Lipinski definition) is 4. The first-order valence-electron chi connectivity index (χ1n) is 11.9. The maximum Gasteiger partial charge on any atom is 0.118 e. The molecule has 176 valence electrons. The van der Waals surface area contributed by atoms with Crippen molar-refractivity contribution in [2.75, 3.05) is 13.7 Å². The Morgan fingerprint density at radius 3 is 2.60 bits per heavy atom. The van der Waals surface area contributed by atoms with Crippen molar-refractivity contribution in [1.29, 1.82) is 0 Å². The largest absolute Gasteiger partial charge is 0.508 e. The molecule has 0 aliphatic heterocycles. The Morgan fingerprint density at radius 1 is 0.971 bits per heavy atom. The number of nitrogens with one attached hydrogen (secondary N) is 2. The van der Waals surface area contributed by atoms with E-state index in [0.717, 1.165) is 52.9 Å². The van der Waals surface area contributed by atoms with Crippen molar-refractivity contribution in [3.05, 3.63) is 114 Å². The monoisotopic (exact) mass is 463 g/mol. The first-order valence-corrected chi connectivity index (χ1v) is 11.9. The molecule has 0 saturated carbocycles. The van der Waals surface area contributed by atoms with Crippen molar-refractivity contribution >= 4 is 10.9 Å². The van der Waals surface area contributed by atoms with Gasteiger partial charge in [-0.25, -0.2) is 0 Å². The van der Waals surface area contributed by atoms with Gasteiger partial charge in [0.25, 0.3) is 0 Å². The van der Waals surface area contributed by atoms with Gasteiger partial charge in [-0.1, -0.05) is 48.5 Å². The lowest BCUT2D eigenvalue weighted by atomic mass is 9.95. The van der Waals surface area contributed by atoms with E-state index in [4.69, 9.17) is 9.72 Å². The molecule has 0 amide bonds. The number of benzene rings is 3. The Bertz CT molecular complexity index is 1390. The Balaban J connectivity index is 1.42. The number of phenolic OH excluding ortho intramolecular Hbond substituents is 1. The molecule has 0 radical (unpaired) electrons. The van der Waals surface area contributed by atoms with Crippen molar-refractivity contribution < 1.29 is 9.84 Å². The summed E-state index contributed by atoms with van der Waals surface area (Å²) >= 11 is 0. The van der Waals surface area contributed by atoms with E-state index in [1.807, 2.05) is 48.8 Å². The first-order chi connectivity index (χ1) is 17.2. The van der Waals surface area contributed by atoms with Gasteiger partial charge in [-0.05, 0) is 72.5 Å². The standard InChI is InChI=1S/C30H29N3O2/c1-35-25-12-9-22(10-13-25)26-8-5-16-32-30(26)29(18-21-6-3-2-4-7-21)31-17-15-23-20-33-28-14-11-24(34)19-27(23)28/h2-14,16,19-20,29,31,33-34H,15,17-18H2,1H3. The van der Waals surface area contributed by atoms with Crippen LogP contribution >= 0.6 is 0 Å². The number of pyridine rings is 1. The second kappa shape index (κ2) is 10.5. The molecule has 5 aromatic rings. The van der Waals surface area contributed by atoms with Crippen molar-refractivity contribution in [2.45, 2.75) is 18.9 Å². The zero-order chi connectivity index (χ0) is 24.0. The lowest BCUT2D eigenvalue weighted by Crippen LogP contribution is -2.27. The van der Waals surface area contributed by atoms with Crippen molar-refractivity contribution in [3.8, 4) is 22.6 Å². The molecule has 0 bridgehead atoms. The summed E-state index contributed by atoms with van der Waals surface area (Å²) in [6.45, 7) is 0.777. The maximum absolute atomic E-state index is 9.93. The first kappa shape index (κ1) is 22.7. The highest BCUT2D eigenvalue weighted by Gasteiger charge is 2.18. The molecule has 0 aliphatic rings. The van der Waals surface area contributed by atoms with Crippen molar-refractivity contribution in [3.63, 3.8) is 0 Å². The van der Waals surface area contributed by atoms with Gasteiger partial charge in [0, 0.05) is 28.9 Å². The third kappa shape index (κ3) is 5.20. The van der Waals surface area contributed by atoms with Crippen LogP contribution < -0.4 is 10.1 Å². The fourth-order valence-corrected chi connectivity index (χ4v) is 4.58. The summed E-state index contributed by atoms with van der Waals surface area (Å²) in [5.74, 6) is 1.12. The molecule has 1 unspecified atom stereocenters. The predicted molar refractivity (Wildman–Crippen MR) is 141 cm³/mol. The van der Waals surface area contributed by atoms with Gasteiger partial charge in [0.2, 0.25) is 0 Å². The van der Waals surface area contributed by atoms with Crippen LogP contribution in [0.1, 0.15) is 22.9 Å². The van der Waals surface area contributed by atoms with Crippen LogP contribution in [0.15, 0.2) is 97.3 Å². The second-order valence-electron chi connectivity index (χ2n) is 8.65.